The van der Waals surface area contributed by atoms with E-state index in [9.17, 15) is 19.6 Å². The van der Waals surface area contributed by atoms with Crippen LogP contribution in [0.3, 0.4) is 0 Å². The van der Waals surface area contributed by atoms with Crippen LogP contribution in [0.1, 0.15) is 34.3 Å². The summed E-state index contributed by atoms with van der Waals surface area (Å²) in [5.41, 5.74) is 1.99. The quantitative estimate of drug-likeness (QED) is 0.636. The molecule has 1 fully saturated rings. The van der Waals surface area contributed by atoms with Crippen LogP contribution in [0.2, 0.25) is 0 Å². The highest BCUT2D eigenvalue weighted by Crippen LogP contribution is 2.25. The minimum absolute atomic E-state index is 0.0298. The van der Waals surface area contributed by atoms with Gasteiger partial charge in [0.2, 0.25) is 0 Å². The number of carbonyl (C=O) groups excluding carboxylic acids is 1. The van der Waals surface area contributed by atoms with Gasteiger partial charge in [-0.05, 0) is 48.2 Å². The van der Waals surface area contributed by atoms with Crippen molar-refractivity contribution in [3.8, 4) is 6.07 Å². The van der Waals surface area contributed by atoms with Gasteiger partial charge >= 0.3 is 0 Å². The number of benzene rings is 2. The third-order valence-corrected chi connectivity index (χ3v) is 4.31. The van der Waals surface area contributed by atoms with E-state index in [1.54, 1.807) is 6.07 Å². The molecule has 25 heavy (non-hydrogen) atoms. The van der Waals surface area contributed by atoms with E-state index in [4.69, 9.17) is 0 Å². The molecule has 2 aromatic carbocycles. The van der Waals surface area contributed by atoms with Gasteiger partial charge in [-0.1, -0.05) is 24.3 Å². The van der Waals surface area contributed by atoms with Gasteiger partial charge in [0.15, 0.2) is 0 Å². The molecule has 0 radical (unpaired) electrons. The van der Waals surface area contributed by atoms with Crippen LogP contribution in [0, 0.1) is 17.1 Å². The Morgan fingerprint density at radius 3 is 2.32 bits per heavy atom. The van der Waals surface area contributed by atoms with Gasteiger partial charge in [-0.15, -0.1) is 0 Å². The van der Waals surface area contributed by atoms with Gasteiger partial charge in [0.25, 0.3) is 0 Å². The molecule has 126 valence electrons. The second-order valence-corrected chi connectivity index (χ2v) is 5.93. The molecule has 0 bridgehead atoms. The van der Waals surface area contributed by atoms with Gasteiger partial charge in [-0.3, -0.25) is 0 Å². The van der Waals surface area contributed by atoms with E-state index >= 15 is 0 Å². The number of nitriles is 1. The molecule has 3 rings (SSSR count). The molecule has 1 aliphatic rings. The normalized spacial score (nSPS) is 14.4. The van der Waals surface area contributed by atoms with Gasteiger partial charge in [0, 0.05) is 24.3 Å². The molecular weight excluding hydrogens is 319 g/mol. The summed E-state index contributed by atoms with van der Waals surface area (Å²) in [5, 5.41) is 20.1. The zero-order chi connectivity index (χ0) is 17.8. The lowest BCUT2D eigenvalue weighted by Gasteiger charge is -2.17. The Bertz CT molecular complexity index is 860. The smallest absolute Gasteiger partial charge is 0.132 e. The Hall–Kier alpha value is -3.13. The minimum atomic E-state index is -1.28. The summed E-state index contributed by atoms with van der Waals surface area (Å²) in [6.45, 7) is 1.87. The highest BCUT2D eigenvalue weighted by atomic mass is 19.1. The topological polar surface area (TPSA) is 67.2 Å². The number of anilines is 1. The fraction of sp³-hybridized carbons (Fsp3) is 0.200. The molecule has 0 amide bonds. The number of aromatic carboxylic acids is 1. The van der Waals surface area contributed by atoms with Crippen molar-refractivity contribution in [2.75, 3.05) is 18.0 Å². The number of carbonyl (C=O) groups is 1. The van der Waals surface area contributed by atoms with Crippen molar-refractivity contribution in [2.45, 2.75) is 12.8 Å². The zero-order valence-corrected chi connectivity index (χ0v) is 13.5. The van der Waals surface area contributed by atoms with Crippen LogP contribution in [-0.4, -0.2) is 19.1 Å². The van der Waals surface area contributed by atoms with Gasteiger partial charge in [0.1, 0.15) is 5.82 Å². The molecule has 0 aliphatic carbocycles. The molecule has 0 spiro atoms. The molecule has 1 heterocycles. The Morgan fingerprint density at radius 1 is 1.12 bits per heavy atom. The third-order valence-electron chi connectivity index (χ3n) is 4.31. The first-order valence-corrected chi connectivity index (χ1v) is 8.06. The third kappa shape index (κ3) is 3.69. The summed E-state index contributed by atoms with van der Waals surface area (Å²) in [4.78, 5) is 12.9. The second kappa shape index (κ2) is 7.18. The molecule has 0 N–H and O–H groups in total. The van der Waals surface area contributed by atoms with Crippen LogP contribution in [0.5, 0.6) is 0 Å². The van der Waals surface area contributed by atoms with Gasteiger partial charge in [-0.25, -0.2) is 4.39 Å². The molecule has 0 unspecified atom stereocenters. The van der Waals surface area contributed by atoms with Crippen LogP contribution >= 0.6 is 0 Å². The van der Waals surface area contributed by atoms with E-state index in [2.05, 4.69) is 4.90 Å². The molecular formula is C20H16FN2O2-. The predicted molar refractivity (Wildman–Crippen MR) is 92.1 cm³/mol. The van der Waals surface area contributed by atoms with E-state index < -0.39 is 5.97 Å². The molecule has 5 heteroatoms. The van der Waals surface area contributed by atoms with Gasteiger partial charge < -0.3 is 14.8 Å². The lowest BCUT2D eigenvalue weighted by Crippen LogP contribution is -2.21. The number of rotatable bonds is 4. The average Bonchev–Trinajstić information content (AvgIpc) is 3.15. The molecule has 0 atom stereocenters. The number of allylic oxidation sites excluding steroid dienone is 1. The number of halogens is 1. The number of carboxylic acid groups (broad SMARTS) is 1. The summed E-state index contributed by atoms with van der Waals surface area (Å²) in [6.07, 6.45) is 3.70. The van der Waals surface area contributed by atoms with Crippen molar-refractivity contribution in [3.63, 3.8) is 0 Å². The highest BCUT2D eigenvalue weighted by Gasteiger charge is 2.14. The highest BCUT2D eigenvalue weighted by molar-refractivity contribution is 5.91. The summed E-state index contributed by atoms with van der Waals surface area (Å²) >= 11 is 0. The fourth-order valence-electron chi connectivity index (χ4n) is 2.93. The fourth-order valence-corrected chi connectivity index (χ4v) is 2.93. The number of carboxylic acids is 1. The molecule has 4 nitrogen and oxygen atoms in total. The van der Waals surface area contributed by atoms with E-state index in [0.29, 0.717) is 11.1 Å². The minimum Gasteiger partial charge on any atom is -0.545 e. The SMILES string of the molecule is N#C/C(=C/c1ccc(N2CCCC2)cc1F)c1ccc(C(=O)[O-])cc1. The molecule has 1 aliphatic heterocycles. The van der Waals surface area contributed by atoms with Crippen molar-refractivity contribution < 1.29 is 14.3 Å². The number of hydrogen-bond acceptors (Lipinski definition) is 4. The van der Waals surface area contributed by atoms with E-state index in [0.717, 1.165) is 31.6 Å². The summed E-state index contributed by atoms with van der Waals surface area (Å²) in [7, 11) is 0. The first-order valence-electron chi connectivity index (χ1n) is 8.06. The second-order valence-electron chi connectivity index (χ2n) is 5.93. The van der Waals surface area contributed by atoms with Crippen LogP contribution in [0.4, 0.5) is 10.1 Å². The summed E-state index contributed by atoms with van der Waals surface area (Å²) < 4.78 is 14.4. The number of nitrogens with zero attached hydrogens (tertiary/aromatic N) is 2. The maximum Gasteiger partial charge on any atom is 0.132 e. The first kappa shape index (κ1) is 16.7. The average molecular weight is 335 g/mol. The first-order chi connectivity index (χ1) is 12.1. The van der Waals surface area contributed by atoms with Crippen molar-refractivity contribution in [2.24, 2.45) is 0 Å². The summed E-state index contributed by atoms with van der Waals surface area (Å²) in [6, 6.07) is 12.8. The zero-order valence-electron chi connectivity index (χ0n) is 13.5. The van der Waals surface area contributed by atoms with E-state index in [1.807, 2.05) is 12.1 Å². The Labute approximate surface area is 145 Å². The molecule has 1 saturated heterocycles. The number of hydrogen-bond donors (Lipinski definition) is 0. The predicted octanol–water partition coefficient (Wildman–Crippen LogP) is 2.85. The van der Waals surface area contributed by atoms with Gasteiger partial charge in [-0.2, -0.15) is 5.26 Å². The van der Waals surface area contributed by atoms with Crippen molar-refractivity contribution in [1.82, 2.24) is 0 Å². The van der Waals surface area contributed by atoms with E-state index in [1.165, 1.54) is 36.4 Å². The standard InChI is InChI=1S/C20H17FN2O2/c21-19-12-18(23-9-1-2-10-23)8-7-16(19)11-17(13-22)14-3-5-15(6-4-14)20(24)25/h3-8,11-12H,1-2,9-10H2,(H,24,25)/p-1/b17-11-. The largest absolute Gasteiger partial charge is 0.545 e. The van der Waals surface area contributed by atoms with Crippen LogP contribution in [-0.2, 0) is 0 Å². The lowest BCUT2D eigenvalue weighted by atomic mass is 10.0. The Morgan fingerprint density at radius 2 is 1.76 bits per heavy atom. The molecule has 0 saturated carbocycles. The Balaban J connectivity index is 1.89. The summed E-state index contributed by atoms with van der Waals surface area (Å²) in [5.74, 6) is -1.67. The molecule has 0 aromatic heterocycles. The maximum absolute atomic E-state index is 14.4. The van der Waals surface area contributed by atoms with Crippen LogP contribution < -0.4 is 10.0 Å². The van der Waals surface area contributed by atoms with Crippen LogP contribution in [0.25, 0.3) is 11.6 Å². The van der Waals surface area contributed by atoms with Crippen molar-refractivity contribution >= 4 is 23.3 Å². The van der Waals surface area contributed by atoms with E-state index in [-0.39, 0.29) is 17.0 Å². The Kier molecular flexibility index (Phi) is 4.80. The van der Waals surface area contributed by atoms with Gasteiger partial charge in [0.05, 0.1) is 17.6 Å². The monoisotopic (exact) mass is 335 g/mol. The van der Waals surface area contributed by atoms with Crippen LogP contribution in [0.15, 0.2) is 42.5 Å². The van der Waals surface area contributed by atoms with Crippen molar-refractivity contribution in [1.29, 1.82) is 5.26 Å². The lowest BCUT2D eigenvalue weighted by molar-refractivity contribution is -0.255. The van der Waals surface area contributed by atoms with Crippen molar-refractivity contribution in [3.05, 3.63) is 65.0 Å². The maximum atomic E-state index is 14.4. The molecule has 2 aromatic rings.